The Bertz CT molecular complexity index is 1190. The lowest BCUT2D eigenvalue weighted by Crippen LogP contribution is -2.31. The van der Waals surface area contributed by atoms with Crippen LogP contribution in [0.1, 0.15) is 24.1 Å². The third kappa shape index (κ3) is 2.99. The molecule has 2 N–H and O–H groups in total. The second-order valence-corrected chi connectivity index (χ2v) is 6.73. The van der Waals surface area contributed by atoms with Gasteiger partial charge in [-0.2, -0.15) is 5.10 Å². The minimum absolute atomic E-state index is 0.144. The molecule has 0 saturated carbocycles. The number of nitrogens with zero attached hydrogens (tertiary/aromatic N) is 2. The molecular weight excluding hydrogens is 340 g/mol. The molecular formula is C21H20N4O2. The molecule has 1 amide bonds. The molecule has 4 aromatic rings. The lowest BCUT2D eigenvalue weighted by atomic mass is 10.1. The Kier molecular flexibility index (Phi) is 4.24. The first-order chi connectivity index (χ1) is 13.1. The van der Waals surface area contributed by atoms with Crippen LogP contribution in [0.3, 0.4) is 0 Å². The predicted octanol–water partition coefficient (Wildman–Crippen LogP) is 3.06. The molecule has 0 aliphatic carbocycles. The number of aryl methyl sites for hydroxylation is 1. The Hall–Kier alpha value is -3.41. The number of aromatic nitrogens is 3. The van der Waals surface area contributed by atoms with Gasteiger partial charge in [-0.15, -0.1) is 0 Å². The zero-order valence-corrected chi connectivity index (χ0v) is 15.2. The Labute approximate surface area is 155 Å². The third-order valence-corrected chi connectivity index (χ3v) is 4.88. The summed E-state index contributed by atoms with van der Waals surface area (Å²) >= 11 is 0. The van der Waals surface area contributed by atoms with E-state index < -0.39 is 6.04 Å². The van der Waals surface area contributed by atoms with E-state index in [-0.39, 0.29) is 11.5 Å². The van der Waals surface area contributed by atoms with E-state index in [0.717, 1.165) is 21.9 Å². The van der Waals surface area contributed by atoms with Crippen molar-refractivity contribution in [3.05, 3.63) is 76.2 Å². The van der Waals surface area contributed by atoms with Gasteiger partial charge in [0.25, 0.3) is 5.56 Å². The van der Waals surface area contributed by atoms with E-state index in [1.54, 1.807) is 17.7 Å². The maximum Gasteiger partial charge on any atom is 0.288 e. The van der Waals surface area contributed by atoms with Crippen molar-refractivity contribution >= 4 is 27.7 Å². The van der Waals surface area contributed by atoms with Crippen molar-refractivity contribution in [2.75, 3.05) is 0 Å². The maximum absolute atomic E-state index is 12.8. The molecule has 0 bridgehead atoms. The fourth-order valence-electron chi connectivity index (χ4n) is 3.42. The molecule has 0 saturated heterocycles. The largest absolute Gasteiger partial charge is 0.350 e. The number of benzene rings is 2. The summed E-state index contributed by atoms with van der Waals surface area (Å²) in [6, 6.07) is 15.2. The van der Waals surface area contributed by atoms with Crippen LogP contribution in [-0.2, 0) is 11.3 Å². The zero-order valence-electron chi connectivity index (χ0n) is 15.2. The average Bonchev–Trinajstić information content (AvgIpc) is 3.02. The number of hydrogen-bond donors (Lipinski definition) is 2. The van der Waals surface area contributed by atoms with Crippen molar-refractivity contribution in [3.63, 3.8) is 0 Å². The minimum atomic E-state index is -0.540. The SMILES string of the molecule is Cc1ccc(CNC(=O)C(C)n2c3ccccc3c3cn[nH]c(=O)c32)cc1. The fourth-order valence-corrected chi connectivity index (χ4v) is 3.42. The summed E-state index contributed by atoms with van der Waals surface area (Å²) in [6.45, 7) is 4.27. The van der Waals surface area contributed by atoms with Crippen molar-refractivity contribution in [2.24, 2.45) is 0 Å². The van der Waals surface area contributed by atoms with E-state index in [1.165, 1.54) is 5.56 Å². The first-order valence-electron chi connectivity index (χ1n) is 8.86. The number of para-hydroxylation sites is 1. The van der Waals surface area contributed by atoms with E-state index in [0.29, 0.717) is 12.1 Å². The summed E-state index contributed by atoms with van der Waals surface area (Å²) < 4.78 is 1.79. The number of H-pyrrole nitrogens is 1. The third-order valence-electron chi connectivity index (χ3n) is 4.88. The molecule has 2 heterocycles. The summed E-state index contributed by atoms with van der Waals surface area (Å²) in [7, 11) is 0. The number of carbonyl (C=O) groups excluding carboxylic acids is 1. The number of rotatable bonds is 4. The molecule has 2 aromatic heterocycles. The van der Waals surface area contributed by atoms with Gasteiger partial charge in [-0.1, -0.05) is 48.0 Å². The smallest absolute Gasteiger partial charge is 0.288 e. The first-order valence-corrected chi connectivity index (χ1v) is 8.86. The Balaban J connectivity index is 1.71. The predicted molar refractivity (Wildman–Crippen MR) is 106 cm³/mol. The molecule has 0 aliphatic rings. The number of aromatic amines is 1. The number of carbonyl (C=O) groups is 1. The highest BCUT2D eigenvalue weighted by atomic mass is 16.2. The number of hydrogen-bond acceptors (Lipinski definition) is 3. The quantitative estimate of drug-likeness (QED) is 0.587. The molecule has 0 fully saturated rings. The van der Waals surface area contributed by atoms with E-state index >= 15 is 0 Å². The van der Waals surface area contributed by atoms with E-state index in [2.05, 4.69) is 15.5 Å². The molecule has 0 radical (unpaired) electrons. The molecule has 4 rings (SSSR count). The van der Waals surface area contributed by atoms with Gasteiger partial charge in [-0.3, -0.25) is 9.59 Å². The van der Waals surface area contributed by atoms with Crippen molar-refractivity contribution in [3.8, 4) is 0 Å². The highest BCUT2D eigenvalue weighted by Gasteiger charge is 2.22. The van der Waals surface area contributed by atoms with Crippen LogP contribution in [0.15, 0.2) is 59.5 Å². The van der Waals surface area contributed by atoms with Crippen molar-refractivity contribution < 1.29 is 4.79 Å². The van der Waals surface area contributed by atoms with Crippen LogP contribution in [0.5, 0.6) is 0 Å². The van der Waals surface area contributed by atoms with Crippen LogP contribution in [0.2, 0.25) is 0 Å². The van der Waals surface area contributed by atoms with Crippen LogP contribution in [0.25, 0.3) is 21.8 Å². The number of fused-ring (bicyclic) bond motifs is 3. The Morgan fingerprint density at radius 3 is 2.67 bits per heavy atom. The summed E-state index contributed by atoms with van der Waals surface area (Å²) in [6.07, 6.45) is 1.63. The van der Waals surface area contributed by atoms with Gasteiger partial charge >= 0.3 is 0 Å². The Morgan fingerprint density at radius 2 is 1.89 bits per heavy atom. The molecule has 6 heteroatoms. The molecule has 0 aliphatic heterocycles. The van der Waals surface area contributed by atoms with Crippen molar-refractivity contribution in [1.29, 1.82) is 0 Å². The van der Waals surface area contributed by atoms with Gasteiger partial charge in [-0.25, -0.2) is 5.10 Å². The van der Waals surface area contributed by atoms with E-state index in [1.807, 2.05) is 55.5 Å². The van der Waals surface area contributed by atoms with Gasteiger partial charge in [0.15, 0.2) is 0 Å². The van der Waals surface area contributed by atoms with Gasteiger partial charge in [0.1, 0.15) is 11.6 Å². The molecule has 2 aromatic carbocycles. The fraction of sp³-hybridized carbons (Fsp3) is 0.190. The highest BCUT2D eigenvalue weighted by molar-refractivity contribution is 6.08. The monoisotopic (exact) mass is 360 g/mol. The van der Waals surface area contributed by atoms with Crippen molar-refractivity contribution in [2.45, 2.75) is 26.4 Å². The van der Waals surface area contributed by atoms with E-state index in [9.17, 15) is 9.59 Å². The maximum atomic E-state index is 12.8. The standard InChI is InChI=1S/C21H20N4O2/c1-13-7-9-15(10-8-13)11-22-20(26)14(2)25-18-6-4-3-5-16(18)17-12-23-24-21(27)19(17)25/h3-10,12,14H,11H2,1-2H3,(H,22,26)(H,24,27). The molecule has 1 unspecified atom stereocenters. The van der Waals surface area contributed by atoms with Crippen LogP contribution in [0.4, 0.5) is 0 Å². The molecule has 0 spiro atoms. The summed E-state index contributed by atoms with van der Waals surface area (Å²) in [5.41, 5.74) is 3.21. The van der Waals surface area contributed by atoms with Crippen LogP contribution in [0, 0.1) is 6.92 Å². The van der Waals surface area contributed by atoms with Crippen molar-refractivity contribution in [1.82, 2.24) is 20.1 Å². The van der Waals surface area contributed by atoms with Gasteiger partial charge in [0.2, 0.25) is 5.91 Å². The second-order valence-electron chi connectivity index (χ2n) is 6.73. The number of amides is 1. The first kappa shape index (κ1) is 17.0. The molecule has 1 atom stereocenters. The highest BCUT2D eigenvalue weighted by Crippen LogP contribution is 2.29. The van der Waals surface area contributed by atoms with Crippen LogP contribution in [-0.4, -0.2) is 20.7 Å². The van der Waals surface area contributed by atoms with Gasteiger partial charge in [-0.05, 0) is 25.5 Å². The van der Waals surface area contributed by atoms with Gasteiger partial charge in [0, 0.05) is 17.3 Å². The normalized spacial score (nSPS) is 12.4. The second kappa shape index (κ2) is 6.72. The minimum Gasteiger partial charge on any atom is -0.350 e. The topological polar surface area (TPSA) is 79.8 Å². The molecule has 27 heavy (non-hydrogen) atoms. The molecule has 6 nitrogen and oxygen atoms in total. The number of nitrogens with one attached hydrogen (secondary N) is 2. The summed E-state index contributed by atoms with van der Waals surface area (Å²) in [5, 5.41) is 11.0. The van der Waals surface area contributed by atoms with Crippen LogP contribution < -0.4 is 10.9 Å². The van der Waals surface area contributed by atoms with Gasteiger partial charge in [0.05, 0.1) is 11.7 Å². The lowest BCUT2D eigenvalue weighted by Gasteiger charge is -2.16. The lowest BCUT2D eigenvalue weighted by molar-refractivity contribution is -0.123. The average molecular weight is 360 g/mol. The van der Waals surface area contributed by atoms with E-state index in [4.69, 9.17) is 0 Å². The summed E-state index contributed by atoms with van der Waals surface area (Å²) in [5.74, 6) is -0.144. The summed E-state index contributed by atoms with van der Waals surface area (Å²) in [4.78, 5) is 25.3. The Morgan fingerprint density at radius 1 is 1.15 bits per heavy atom. The zero-order chi connectivity index (χ0) is 19.0. The van der Waals surface area contributed by atoms with Crippen LogP contribution >= 0.6 is 0 Å². The molecule has 136 valence electrons. The van der Waals surface area contributed by atoms with Gasteiger partial charge < -0.3 is 9.88 Å².